The van der Waals surface area contributed by atoms with Gasteiger partial charge in [0.25, 0.3) is 6.02 Å². The zero-order valence-electron chi connectivity index (χ0n) is 13.0. The van der Waals surface area contributed by atoms with Gasteiger partial charge in [-0.3, -0.25) is 0 Å². The third-order valence-corrected chi connectivity index (χ3v) is 4.37. The zero-order valence-corrected chi connectivity index (χ0v) is 13.0. The number of hydrogen-bond donors (Lipinski definition) is 2. The SMILES string of the molecule is COc1cc(F)c2c(c1)C1(CCOC(N)=N1)c1cc(N)ccc1O2. The van der Waals surface area contributed by atoms with E-state index in [0.29, 0.717) is 35.8 Å². The summed E-state index contributed by atoms with van der Waals surface area (Å²) in [6.07, 6.45) is 0.479. The molecule has 4 rings (SSSR count). The first kappa shape index (κ1) is 14.6. The summed E-state index contributed by atoms with van der Waals surface area (Å²) in [6, 6.07) is 8.22. The third-order valence-electron chi connectivity index (χ3n) is 4.37. The van der Waals surface area contributed by atoms with Gasteiger partial charge in [-0.1, -0.05) is 0 Å². The minimum Gasteiger partial charge on any atom is -0.497 e. The summed E-state index contributed by atoms with van der Waals surface area (Å²) in [7, 11) is 1.48. The van der Waals surface area contributed by atoms with Crippen molar-refractivity contribution in [1.82, 2.24) is 0 Å². The van der Waals surface area contributed by atoms with Gasteiger partial charge in [0.05, 0.1) is 13.7 Å². The van der Waals surface area contributed by atoms with Crippen LogP contribution in [0.2, 0.25) is 0 Å². The van der Waals surface area contributed by atoms with Crippen LogP contribution in [0.15, 0.2) is 35.3 Å². The van der Waals surface area contributed by atoms with Crippen LogP contribution in [-0.4, -0.2) is 19.7 Å². The molecular formula is C17H16FN3O3. The average Bonchev–Trinajstić information content (AvgIpc) is 2.56. The number of nitrogen functional groups attached to an aromatic ring is 1. The fourth-order valence-electron chi connectivity index (χ4n) is 3.28. The van der Waals surface area contributed by atoms with Gasteiger partial charge in [0.1, 0.15) is 17.0 Å². The first-order chi connectivity index (χ1) is 11.5. The number of benzene rings is 2. The molecule has 0 bridgehead atoms. The number of rotatable bonds is 1. The number of ether oxygens (including phenoxy) is 3. The third kappa shape index (κ3) is 1.97. The lowest BCUT2D eigenvalue weighted by atomic mass is 9.77. The number of anilines is 1. The first-order valence-electron chi connectivity index (χ1n) is 7.47. The van der Waals surface area contributed by atoms with Gasteiger partial charge in [-0.05, 0) is 24.3 Å². The molecular weight excluding hydrogens is 313 g/mol. The van der Waals surface area contributed by atoms with E-state index in [1.807, 2.05) is 0 Å². The molecule has 0 amide bonds. The van der Waals surface area contributed by atoms with Crippen molar-refractivity contribution in [3.8, 4) is 17.2 Å². The fourth-order valence-corrected chi connectivity index (χ4v) is 3.28. The molecule has 124 valence electrons. The summed E-state index contributed by atoms with van der Waals surface area (Å²) in [5.74, 6) is 0.471. The summed E-state index contributed by atoms with van der Waals surface area (Å²) in [5, 5.41) is 0. The molecule has 0 fully saturated rings. The molecule has 2 aliphatic heterocycles. The Kier molecular flexibility index (Phi) is 3.06. The summed E-state index contributed by atoms with van der Waals surface area (Å²) in [5.41, 5.74) is 12.7. The second kappa shape index (κ2) is 5.02. The zero-order chi connectivity index (χ0) is 16.9. The van der Waals surface area contributed by atoms with Crippen molar-refractivity contribution in [3.63, 3.8) is 0 Å². The second-order valence-corrected chi connectivity index (χ2v) is 5.75. The van der Waals surface area contributed by atoms with Gasteiger partial charge >= 0.3 is 0 Å². The van der Waals surface area contributed by atoms with Crippen LogP contribution < -0.4 is 20.9 Å². The Hall–Kier alpha value is -2.96. The van der Waals surface area contributed by atoms with E-state index in [1.54, 1.807) is 24.3 Å². The number of amidine groups is 1. The minimum absolute atomic E-state index is 0.0469. The Bertz CT molecular complexity index is 868. The maximum atomic E-state index is 14.6. The van der Waals surface area contributed by atoms with E-state index in [4.69, 9.17) is 25.7 Å². The highest BCUT2D eigenvalue weighted by atomic mass is 19.1. The molecule has 0 aromatic heterocycles. The summed E-state index contributed by atoms with van der Waals surface area (Å²) in [4.78, 5) is 4.53. The Morgan fingerprint density at radius 2 is 2.04 bits per heavy atom. The molecule has 0 saturated carbocycles. The van der Waals surface area contributed by atoms with E-state index in [-0.39, 0.29) is 11.8 Å². The number of halogens is 1. The van der Waals surface area contributed by atoms with Crippen molar-refractivity contribution < 1.29 is 18.6 Å². The van der Waals surface area contributed by atoms with Gasteiger partial charge < -0.3 is 25.7 Å². The standard InChI is InChI=1S/C17H16FN3O3/c1-22-10-7-12-15(13(18)8-10)24-14-3-2-9(19)6-11(14)17(12)4-5-23-16(20)21-17/h2-3,6-8H,4-5,19H2,1H3,(H2,20,21). The number of methoxy groups -OCH3 is 1. The van der Waals surface area contributed by atoms with Crippen LogP contribution >= 0.6 is 0 Å². The van der Waals surface area contributed by atoms with Gasteiger partial charge in [-0.25, -0.2) is 9.38 Å². The quantitative estimate of drug-likeness (QED) is 0.784. The predicted molar refractivity (Wildman–Crippen MR) is 86.9 cm³/mol. The molecule has 2 aromatic carbocycles. The van der Waals surface area contributed by atoms with Crippen molar-refractivity contribution in [1.29, 1.82) is 0 Å². The number of hydrogen-bond acceptors (Lipinski definition) is 6. The maximum Gasteiger partial charge on any atom is 0.283 e. The van der Waals surface area contributed by atoms with Gasteiger partial charge in [-0.2, -0.15) is 0 Å². The highest BCUT2D eigenvalue weighted by Gasteiger charge is 2.46. The van der Waals surface area contributed by atoms with E-state index in [9.17, 15) is 4.39 Å². The Balaban J connectivity index is 2.06. The molecule has 1 spiro atoms. The Morgan fingerprint density at radius 3 is 2.79 bits per heavy atom. The number of nitrogens with zero attached hydrogens (tertiary/aromatic N) is 1. The van der Waals surface area contributed by atoms with E-state index in [2.05, 4.69) is 4.99 Å². The highest BCUT2D eigenvalue weighted by Crippen LogP contribution is 2.53. The lowest BCUT2D eigenvalue weighted by molar-refractivity contribution is 0.217. The van der Waals surface area contributed by atoms with Crippen LogP contribution in [0.4, 0.5) is 10.1 Å². The van der Waals surface area contributed by atoms with Crippen LogP contribution in [0.3, 0.4) is 0 Å². The molecule has 7 heteroatoms. The van der Waals surface area contributed by atoms with Crippen molar-refractivity contribution in [3.05, 3.63) is 47.3 Å². The van der Waals surface area contributed by atoms with Gasteiger partial charge in [-0.15, -0.1) is 0 Å². The topological polar surface area (TPSA) is 92.1 Å². The van der Waals surface area contributed by atoms with E-state index >= 15 is 0 Å². The summed E-state index contributed by atoms with van der Waals surface area (Å²) in [6.45, 7) is 0.349. The van der Waals surface area contributed by atoms with Crippen molar-refractivity contribution in [2.45, 2.75) is 12.0 Å². The molecule has 1 unspecified atom stereocenters. The van der Waals surface area contributed by atoms with Crippen molar-refractivity contribution in [2.24, 2.45) is 10.7 Å². The van der Waals surface area contributed by atoms with Crippen LogP contribution in [0, 0.1) is 5.82 Å². The van der Waals surface area contributed by atoms with E-state index in [0.717, 1.165) is 5.56 Å². The van der Waals surface area contributed by atoms with Gasteiger partial charge in [0, 0.05) is 29.3 Å². The van der Waals surface area contributed by atoms with E-state index in [1.165, 1.54) is 13.2 Å². The van der Waals surface area contributed by atoms with E-state index < -0.39 is 11.4 Å². The molecule has 1 atom stereocenters. The van der Waals surface area contributed by atoms with Crippen molar-refractivity contribution >= 4 is 11.7 Å². The molecule has 6 nitrogen and oxygen atoms in total. The first-order valence-corrected chi connectivity index (χ1v) is 7.47. The minimum atomic E-state index is -0.921. The number of fused-ring (bicyclic) bond motifs is 4. The maximum absolute atomic E-state index is 14.6. The molecule has 2 aliphatic rings. The molecule has 2 heterocycles. The van der Waals surface area contributed by atoms with Crippen LogP contribution in [0.5, 0.6) is 17.2 Å². The molecule has 0 radical (unpaired) electrons. The lowest BCUT2D eigenvalue weighted by Gasteiger charge is -2.39. The molecule has 0 aliphatic carbocycles. The lowest BCUT2D eigenvalue weighted by Crippen LogP contribution is -2.38. The molecule has 0 saturated heterocycles. The summed E-state index contributed by atoms with van der Waals surface area (Å²) < 4.78 is 30.9. The Labute approximate surface area is 137 Å². The second-order valence-electron chi connectivity index (χ2n) is 5.75. The number of aliphatic imine (C=N–C) groups is 1. The van der Waals surface area contributed by atoms with Crippen molar-refractivity contribution in [2.75, 3.05) is 19.5 Å². The Morgan fingerprint density at radius 1 is 1.21 bits per heavy atom. The van der Waals surface area contributed by atoms with Gasteiger partial charge in [0.15, 0.2) is 11.6 Å². The highest BCUT2D eigenvalue weighted by molar-refractivity contribution is 5.75. The normalized spacial score (nSPS) is 21.2. The molecule has 2 aromatic rings. The molecule has 24 heavy (non-hydrogen) atoms. The summed E-state index contributed by atoms with van der Waals surface area (Å²) >= 11 is 0. The van der Waals surface area contributed by atoms with Crippen LogP contribution in [-0.2, 0) is 10.3 Å². The van der Waals surface area contributed by atoms with Gasteiger partial charge in [0.2, 0.25) is 0 Å². The predicted octanol–water partition coefficient (Wildman–Crippen LogP) is 2.50. The monoisotopic (exact) mass is 329 g/mol. The average molecular weight is 329 g/mol. The smallest absolute Gasteiger partial charge is 0.283 e. The number of nitrogens with two attached hydrogens (primary N) is 2. The van der Waals surface area contributed by atoms with Crippen LogP contribution in [0.25, 0.3) is 0 Å². The fraction of sp³-hybridized carbons (Fsp3) is 0.235. The largest absolute Gasteiger partial charge is 0.497 e. The molecule has 4 N–H and O–H groups in total. The van der Waals surface area contributed by atoms with Crippen LogP contribution in [0.1, 0.15) is 17.5 Å².